The number of hydrogen-bond acceptors (Lipinski definition) is 0. The maximum Gasteiger partial charge on any atom is 0.0179 e. The summed E-state index contributed by atoms with van der Waals surface area (Å²) in [6, 6.07) is 0. The van der Waals surface area contributed by atoms with E-state index in [-0.39, 0.29) is 0 Å². The molecule has 0 spiro atoms. The van der Waals surface area contributed by atoms with Gasteiger partial charge < -0.3 is 4.98 Å². The molecule has 54 valence electrons. The molecule has 0 amide bonds. The normalized spacial score (nSPS) is 15.7. The van der Waals surface area contributed by atoms with Gasteiger partial charge in [-0.25, -0.2) is 0 Å². The number of aromatic nitrogens is 1. The number of nitrogens with one attached hydrogen (secondary N) is 1. The number of hydrogen-bond donors (Lipinski definition) is 1. The first-order valence-corrected chi connectivity index (χ1v) is 4.10. The van der Waals surface area contributed by atoms with Gasteiger partial charge in [-0.15, -0.1) is 0 Å². The lowest BCUT2D eigenvalue weighted by atomic mass is 10.1. The first-order valence-electron chi connectivity index (χ1n) is 4.10. The molecule has 0 saturated heterocycles. The maximum atomic E-state index is 3.33. The molecule has 1 aliphatic rings. The lowest BCUT2D eigenvalue weighted by Gasteiger charge is -1.93. The number of H-pyrrole nitrogens is 1. The Labute approximate surface area is 61.5 Å². The van der Waals surface area contributed by atoms with Crippen LogP contribution in [0.1, 0.15) is 30.2 Å². The molecule has 0 aliphatic heterocycles. The summed E-state index contributed by atoms with van der Waals surface area (Å²) in [4.78, 5) is 3.33. The minimum Gasteiger partial charge on any atom is -0.364 e. The van der Waals surface area contributed by atoms with Crippen LogP contribution in [0.3, 0.4) is 0 Å². The molecule has 0 unspecified atom stereocenters. The average Bonchev–Trinajstić information content (AvgIpc) is 2.44. The molecule has 1 heterocycles. The first-order chi connectivity index (χ1) is 4.92. The van der Waals surface area contributed by atoms with Crippen LogP contribution in [0.5, 0.6) is 0 Å². The zero-order chi connectivity index (χ0) is 6.97. The van der Waals surface area contributed by atoms with E-state index in [1.807, 2.05) is 0 Å². The standard InChI is InChI=1S/C9H13N/c1-2-9-8-5-3-4-7(8)6-10-9/h6,10H,2-5H2,1H3. The van der Waals surface area contributed by atoms with E-state index in [2.05, 4.69) is 18.1 Å². The summed E-state index contributed by atoms with van der Waals surface area (Å²) in [6.07, 6.45) is 7.32. The van der Waals surface area contributed by atoms with E-state index in [4.69, 9.17) is 0 Å². The average molecular weight is 135 g/mol. The molecule has 1 aromatic heterocycles. The summed E-state index contributed by atoms with van der Waals surface area (Å²) in [5.74, 6) is 0. The second-order valence-electron chi connectivity index (χ2n) is 2.98. The quantitative estimate of drug-likeness (QED) is 0.606. The Morgan fingerprint density at radius 2 is 2.40 bits per heavy atom. The van der Waals surface area contributed by atoms with Crippen molar-refractivity contribution >= 4 is 0 Å². The summed E-state index contributed by atoms with van der Waals surface area (Å²) >= 11 is 0. The molecule has 1 aromatic rings. The van der Waals surface area contributed by atoms with Crippen LogP contribution in [0, 0.1) is 0 Å². The van der Waals surface area contributed by atoms with Crippen molar-refractivity contribution < 1.29 is 0 Å². The molecule has 0 bridgehead atoms. The van der Waals surface area contributed by atoms with E-state index < -0.39 is 0 Å². The third kappa shape index (κ3) is 0.698. The smallest absolute Gasteiger partial charge is 0.0179 e. The molecular weight excluding hydrogens is 122 g/mol. The van der Waals surface area contributed by atoms with E-state index in [9.17, 15) is 0 Å². The summed E-state index contributed by atoms with van der Waals surface area (Å²) < 4.78 is 0. The van der Waals surface area contributed by atoms with E-state index in [0.29, 0.717) is 0 Å². The summed E-state index contributed by atoms with van der Waals surface area (Å²) in [5, 5.41) is 0. The van der Waals surface area contributed by atoms with Gasteiger partial charge in [0.2, 0.25) is 0 Å². The molecule has 1 heteroatoms. The van der Waals surface area contributed by atoms with Gasteiger partial charge in [-0.1, -0.05) is 6.92 Å². The molecule has 0 aromatic carbocycles. The minimum atomic E-state index is 1.16. The highest BCUT2D eigenvalue weighted by Gasteiger charge is 2.14. The summed E-state index contributed by atoms with van der Waals surface area (Å²) in [6.45, 7) is 2.21. The molecule has 1 aliphatic carbocycles. The van der Waals surface area contributed by atoms with Gasteiger partial charge in [0.25, 0.3) is 0 Å². The van der Waals surface area contributed by atoms with Crippen molar-refractivity contribution in [1.82, 2.24) is 4.98 Å². The van der Waals surface area contributed by atoms with Gasteiger partial charge >= 0.3 is 0 Å². The van der Waals surface area contributed by atoms with Crippen molar-refractivity contribution in [3.05, 3.63) is 23.0 Å². The molecule has 10 heavy (non-hydrogen) atoms. The van der Waals surface area contributed by atoms with Crippen molar-refractivity contribution in [2.45, 2.75) is 32.6 Å². The minimum absolute atomic E-state index is 1.16. The van der Waals surface area contributed by atoms with Crippen LogP contribution in [-0.4, -0.2) is 4.98 Å². The summed E-state index contributed by atoms with van der Waals surface area (Å²) in [7, 11) is 0. The third-order valence-corrected chi connectivity index (χ3v) is 2.40. The Morgan fingerprint density at radius 3 is 3.20 bits per heavy atom. The monoisotopic (exact) mass is 135 g/mol. The van der Waals surface area contributed by atoms with Gasteiger partial charge in [-0.3, -0.25) is 0 Å². The fourth-order valence-electron chi connectivity index (χ4n) is 1.85. The van der Waals surface area contributed by atoms with Gasteiger partial charge in [0.15, 0.2) is 0 Å². The molecule has 0 saturated carbocycles. The SMILES string of the molecule is CCc1[nH]cc2c1CCC2. The van der Waals surface area contributed by atoms with Crippen molar-refractivity contribution in [1.29, 1.82) is 0 Å². The predicted octanol–water partition coefficient (Wildman–Crippen LogP) is 2.07. The van der Waals surface area contributed by atoms with Gasteiger partial charge in [0.05, 0.1) is 0 Å². The fraction of sp³-hybridized carbons (Fsp3) is 0.556. The second-order valence-corrected chi connectivity index (χ2v) is 2.98. The van der Waals surface area contributed by atoms with Crippen LogP contribution >= 0.6 is 0 Å². The van der Waals surface area contributed by atoms with Gasteiger partial charge in [0, 0.05) is 11.9 Å². The highest BCUT2D eigenvalue weighted by Crippen LogP contribution is 2.24. The Hall–Kier alpha value is -0.720. The topological polar surface area (TPSA) is 15.8 Å². The second kappa shape index (κ2) is 2.15. The molecule has 1 N–H and O–H groups in total. The molecule has 1 nitrogen and oxygen atoms in total. The largest absolute Gasteiger partial charge is 0.364 e. The van der Waals surface area contributed by atoms with Crippen LogP contribution < -0.4 is 0 Å². The molecule has 0 fully saturated rings. The molecule has 0 atom stereocenters. The number of rotatable bonds is 1. The summed E-state index contributed by atoms with van der Waals surface area (Å²) in [5.41, 5.74) is 4.65. The maximum absolute atomic E-state index is 3.33. The predicted molar refractivity (Wildman–Crippen MR) is 42.2 cm³/mol. The van der Waals surface area contributed by atoms with E-state index >= 15 is 0 Å². The highest BCUT2D eigenvalue weighted by atomic mass is 14.7. The highest BCUT2D eigenvalue weighted by molar-refractivity contribution is 5.34. The van der Waals surface area contributed by atoms with Crippen molar-refractivity contribution in [2.75, 3.05) is 0 Å². The van der Waals surface area contributed by atoms with Crippen LogP contribution in [0.25, 0.3) is 0 Å². The Balaban J connectivity index is 2.44. The number of aryl methyl sites for hydroxylation is 2. The lowest BCUT2D eigenvalue weighted by Crippen LogP contribution is -1.85. The molecular formula is C9H13N. The van der Waals surface area contributed by atoms with Gasteiger partial charge in [0.1, 0.15) is 0 Å². The van der Waals surface area contributed by atoms with Crippen molar-refractivity contribution in [2.24, 2.45) is 0 Å². The zero-order valence-corrected chi connectivity index (χ0v) is 6.41. The number of aromatic amines is 1. The van der Waals surface area contributed by atoms with Crippen LogP contribution in [0.2, 0.25) is 0 Å². The molecule has 0 radical (unpaired) electrons. The van der Waals surface area contributed by atoms with Crippen LogP contribution in [0.4, 0.5) is 0 Å². The fourth-order valence-corrected chi connectivity index (χ4v) is 1.85. The Bertz CT molecular complexity index is 235. The zero-order valence-electron chi connectivity index (χ0n) is 6.41. The van der Waals surface area contributed by atoms with Gasteiger partial charge in [-0.2, -0.15) is 0 Å². The number of fused-ring (bicyclic) bond motifs is 1. The third-order valence-electron chi connectivity index (χ3n) is 2.40. The van der Waals surface area contributed by atoms with E-state index in [0.717, 1.165) is 6.42 Å². The Morgan fingerprint density at radius 1 is 1.50 bits per heavy atom. The van der Waals surface area contributed by atoms with Crippen molar-refractivity contribution in [3.63, 3.8) is 0 Å². The van der Waals surface area contributed by atoms with Crippen LogP contribution in [-0.2, 0) is 19.3 Å². The van der Waals surface area contributed by atoms with Gasteiger partial charge in [-0.05, 0) is 36.8 Å². The Kier molecular flexibility index (Phi) is 1.30. The lowest BCUT2D eigenvalue weighted by molar-refractivity contribution is 0.884. The van der Waals surface area contributed by atoms with Crippen LogP contribution in [0.15, 0.2) is 6.20 Å². The van der Waals surface area contributed by atoms with E-state index in [1.54, 1.807) is 11.1 Å². The molecule has 2 rings (SSSR count). The van der Waals surface area contributed by atoms with Crippen molar-refractivity contribution in [3.8, 4) is 0 Å². The first kappa shape index (κ1) is 6.02. The van der Waals surface area contributed by atoms with E-state index in [1.165, 1.54) is 25.0 Å².